The molecule has 1 aliphatic rings. The number of nitrogens with two attached hydrogens (primary N) is 1. The Morgan fingerprint density at radius 3 is 2.05 bits per heavy atom. The maximum Gasteiger partial charge on any atom is 0.123 e. The standard InChI is InChI=1S/C18H18F2N2/c19-11-4-6-17-15(8-11)16-9-12(20)5-7-18(16)22(17)14-3-1-2-13(21)10-14/h4-9,13-14H,1-3,10,21H2/t13-,14?/m0/s1. The molecule has 1 heterocycles. The van der Waals surface area contributed by atoms with E-state index < -0.39 is 0 Å². The molecule has 0 bridgehead atoms. The van der Waals surface area contributed by atoms with E-state index >= 15 is 0 Å². The van der Waals surface area contributed by atoms with Gasteiger partial charge in [0.15, 0.2) is 0 Å². The molecule has 0 amide bonds. The minimum Gasteiger partial charge on any atom is -0.337 e. The van der Waals surface area contributed by atoms with E-state index in [0.29, 0.717) is 6.04 Å². The molecule has 0 saturated heterocycles. The largest absolute Gasteiger partial charge is 0.337 e. The zero-order valence-corrected chi connectivity index (χ0v) is 12.2. The van der Waals surface area contributed by atoms with Crippen molar-refractivity contribution < 1.29 is 8.78 Å². The van der Waals surface area contributed by atoms with Crippen LogP contribution in [-0.4, -0.2) is 10.6 Å². The fourth-order valence-electron chi connectivity index (χ4n) is 3.83. The van der Waals surface area contributed by atoms with Crippen molar-refractivity contribution in [1.82, 2.24) is 4.57 Å². The van der Waals surface area contributed by atoms with Crippen LogP contribution in [0.1, 0.15) is 31.7 Å². The first kappa shape index (κ1) is 13.7. The van der Waals surface area contributed by atoms with Crippen LogP contribution in [0.25, 0.3) is 21.8 Å². The topological polar surface area (TPSA) is 30.9 Å². The van der Waals surface area contributed by atoms with E-state index in [4.69, 9.17) is 5.73 Å². The van der Waals surface area contributed by atoms with Crippen LogP contribution in [0.15, 0.2) is 36.4 Å². The molecule has 1 unspecified atom stereocenters. The van der Waals surface area contributed by atoms with E-state index in [-0.39, 0.29) is 17.7 Å². The number of halogens is 2. The molecule has 2 N–H and O–H groups in total. The van der Waals surface area contributed by atoms with E-state index in [2.05, 4.69) is 4.57 Å². The molecule has 0 spiro atoms. The van der Waals surface area contributed by atoms with Gasteiger partial charge in [-0.3, -0.25) is 0 Å². The number of aromatic nitrogens is 1. The van der Waals surface area contributed by atoms with Crippen molar-refractivity contribution in [2.45, 2.75) is 37.8 Å². The summed E-state index contributed by atoms with van der Waals surface area (Å²) in [4.78, 5) is 0. The Morgan fingerprint density at radius 1 is 0.909 bits per heavy atom. The molecule has 0 radical (unpaired) electrons. The Labute approximate surface area is 127 Å². The maximum absolute atomic E-state index is 13.7. The number of benzene rings is 2. The van der Waals surface area contributed by atoms with Crippen LogP contribution in [-0.2, 0) is 0 Å². The van der Waals surface area contributed by atoms with Crippen molar-refractivity contribution in [3.8, 4) is 0 Å². The lowest BCUT2D eigenvalue weighted by Gasteiger charge is -2.29. The molecule has 2 atom stereocenters. The highest BCUT2D eigenvalue weighted by Gasteiger charge is 2.24. The van der Waals surface area contributed by atoms with Gasteiger partial charge in [0, 0.05) is 33.9 Å². The second-order valence-corrected chi connectivity index (χ2v) is 6.27. The number of fused-ring (bicyclic) bond motifs is 3. The molecular weight excluding hydrogens is 282 g/mol. The summed E-state index contributed by atoms with van der Waals surface area (Å²) in [5.74, 6) is -0.590. The third-order valence-electron chi connectivity index (χ3n) is 4.78. The van der Waals surface area contributed by atoms with Gasteiger partial charge < -0.3 is 10.3 Å². The predicted octanol–water partition coefficient (Wildman–Crippen LogP) is 4.52. The van der Waals surface area contributed by atoms with Gasteiger partial charge in [-0.25, -0.2) is 8.78 Å². The lowest BCUT2D eigenvalue weighted by Crippen LogP contribution is -2.29. The van der Waals surface area contributed by atoms with Crippen LogP contribution in [0, 0.1) is 11.6 Å². The van der Waals surface area contributed by atoms with Crippen LogP contribution < -0.4 is 5.73 Å². The number of nitrogens with zero attached hydrogens (tertiary/aromatic N) is 1. The molecular formula is C18H18F2N2. The summed E-state index contributed by atoms with van der Waals surface area (Å²) in [6.45, 7) is 0. The Bertz CT molecular complexity index is 794. The van der Waals surface area contributed by atoms with Crippen molar-refractivity contribution in [3.63, 3.8) is 0 Å². The van der Waals surface area contributed by atoms with Crippen LogP contribution in [0.2, 0.25) is 0 Å². The Hall–Kier alpha value is -1.94. The summed E-state index contributed by atoms with van der Waals surface area (Å²) in [6.07, 6.45) is 4.11. The molecule has 2 nitrogen and oxygen atoms in total. The summed E-state index contributed by atoms with van der Waals surface area (Å²) in [5, 5.41) is 1.54. The predicted molar refractivity (Wildman–Crippen MR) is 84.8 cm³/mol. The molecule has 114 valence electrons. The van der Waals surface area contributed by atoms with Crippen molar-refractivity contribution in [3.05, 3.63) is 48.0 Å². The lowest BCUT2D eigenvalue weighted by molar-refractivity contribution is 0.331. The highest BCUT2D eigenvalue weighted by Crippen LogP contribution is 2.37. The highest BCUT2D eigenvalue weighted by atomic mass is 19.1. The Kier molecular flexibility index (Phi) is 3.15. The van der Waals surface area contributed by atoms with Crippen LogP contribution >= 0.6 is 0 Å². The molecule has 2 aromatic carbocycles. The van der Waals surface area contributed by atoms with Gasteiger partial charge in [-0.2, -0.15) is 0 Å². The van der Waals surface area contributed by atoms with E-state index in [0.717, 1.165) is 47.5 Å². The molecule has 1 fully saturated rings. The van der Waals surface area contributed by atoms with Crippen molar-refractivity contribution >= 4 is 21.8 Å². The first-order chi connectivity index (χ1) is 10.6. The highest BCUT2D eigenvalue weighted by molar-refractivity contribution is 6.08. The van der Waals surface area contributed by atoms with E-state index in [1.165, 1.54) is 24.3 Å². The third kappa shape index (κ3) is 2.10. The quantitative estimate of drug-likeness (QED) is 0.704. The molecule has 4 rings (SSSR count). The Morgan fingerprint density at radius 2 is 1.50 bits per heavy atom. The summed E-state index contributed by atoms with van der Waals surface area (Å²) < 4.78 is 29.5. The molecule has 3 aromatic rings. The minimum absolute atomic E-state index is 0.201. The van der Waals surface area contributed by atoms with Crippen molar-refractivity contribution in [2.24, 2.45) is 5.73 Å². The van der Waals surface area contributed by atoms with E-state index in [1.54, 1.807) is 12.1 Å². The lowest BCUT2D eigenvalue weighted by atomic mass is 9.91. The second-order valence-electron chi connectivity index (χ2n) is 6.27. The monoisotopic (exact) mass is 300 g/mol. The average molecular weight is 300 g/mol. The summed E-state index contributed by atoms with van der Waals surface area (Å²) in [7, 11) is 0. The first-order valence-corrected chi connectivity index (χ1v) is 7.78. The van der Waals surface area contributed by atoms with Gasteiger partial charge >= 0.3 is 0 Å². The molecule has 1 aromatic heterocycles. The minimum atomic E-state index is -0.295. The van der Waals surface area contributed by atoms with Gasteiger partial charge in [-0.1, -0.05) is 0 Å². The number of hydrogen-bond acceptors (Lipinski definition) is 1. The van der Waals surface area contributed by atoms with Gasteiger partial charge in [-0.05, 0) is 62.1 Å². The van der Waals surface area contributed by atoms with Gasteiger partial charge in [0.25, 0.3) is 0 Å². The third-order valence-corrected chi connectivity index (χ3v) is 4.78. The number of rotatable bonds is 1. The van der Waals surface area contributed by atoms with Crippen molar-refractivity contribution in [2.75, 3.05) is 0 Å². The first-order valence-electron chi connectivity index (χ1n) is 7.78. The smallest absolute Gasteiger partial charge is 0.123 e. The normalized spacial score (nSPS) is 22.5. The second kappa shape index (κ2) is 5.06. The van der Waals surface area contributed by atoms with Crippen molar-refractivity contribution in [1.29, 1.82) is 0 Å². The fraction of sp³-hybridized carbons (Fsp3) is 0.333. The zero-order chi connectivity index (χ0) is 15.3. The summed E-state index contributed by atoms with van der Waals surface area (Å²) in [6, 6.07) is 10.0. The molecule has 1 aliphatic carbocycles. The van der Waals surface area contributed by atoms with E-state index in [9.17, 15) is 8.78 Å². The number of hydrogen-bond donors (Lipinski definition) is 1. The van der Waals surface area contributed by atoms with E-state index in [1.807, 2.05) is 0 Å². The van der Waals surface area contributed by atoms with Gasteiger partial charge in [-0.15, -0.1) is 0 Å². The maximum atomic E-state index is 13.7. The van der Waals surface area contributed by atoms with Crippen LogP contribution in [0.3, 0.4) is 0 Å². The van der Waals surface area contributed by atoms with Gasteiger partial charge in [0.2, 0.25) is 0 Å². The van der Waals surface area contributed by atoms with Gasteiger partial charge in [0.1, 0.15) is 11.6 Å². The molecule has 4 heteroatoms. The van der Waals surface area contributed by atoms with Crippen LogP contribution in [0.5, 0.6) is 0 Å². The summed E-state index contributed by atoms with van der Waals surface area (Å²) >= 11 is 0. The fourth-order valence-corrected chi connectivity index (χ4v) is 3.83. The van der Waals surface area contributed by atoms with Gasteiger partial charge in [0.05, 0.1) is 0 Å². The summed E-state index contributed by atoms with van der Waals surface area (Å²) in [5.41, 5.74) is 8.05. The van der Waals surface area contributed by atoms with Crippen LogP contribution in [0.4, 0.5) is 8.78 Å². The SMILES string of the molecule is N[C@H]1CCCC(n2c3ccc(F)cc3c3cc(F)ccc32)C1. The zero-order valence-electron chi connectivity index (χ0n) is 12.2. The molecule has 22 heavy (non-hydrogen) atoms. The Balaban J connectivity index is 2.02. The molecule has 0 aliphatic heterocycles. The molecule has 1 saturated carbocycles. The average Bonchev–Trinajstić information content (AvgIpc) is 2.80.